The molecular formula is C19H25FN2O4S. The lowest BCUT2D eigenvalue weighted by Crippen LogP contribution is -2.37. The van der Waals surface area contributed by atoms with E-state index in [4.69, 9.17) is 4.74 Å². The second-order valence-corrected chi connectivity index (χ2v) is 7.32. The summed E-state index contributed by atoms with van der Waals surface area (Å²) in [6.07, 6.45) is 5.41. The van der Waals surface area contributed by atoms with Crippen molar-refractivity contribution in [3.8, 4) is 0 Å². The number of hydrogen-bond donors (Lipinski definition) is 1. The fourth-order valence-electron chi connectivity index (χ4n) is 2.75. The smallest absolute Gasteiger partial charge is 0.316 e. The fraction of sp³-hybridized carbons (Fsp3) is 0.526. The predicted octanol–water partition coefficient (Wildman–Crippen LogP) is 2.83. The molecule has 1 aromatic carbocycles. The molecule has 1 heterocycles. The number of ether oxygens (including phenoxy) is 1. The summed E-state index contributed by atoms with van der Waals surface area (Å²) in [5.74, 6) is -1.69. The maximum Gasteiger partial charge on any atom is 0.316 e. The highest BCUT2D eigenvalue weighted by molar-refractivity contribution is 8.00. The van der Waals surface area contributed by atoms with E-state index in [9.17, 15) is 18.8 Å². The molecule has 1 aliphatic heterocycles. The maximum atomic E-state index is 13.4. The molecule has 0 radical (unpaired) electrons. The summed E-state index contributed by atoms with van der Waals surface area (Å²) in [5, 5.41) is 2.44. The zero-order chi connectivity index (χ0) is 19.5. The number of halogens is 1. The summed E-state index contributed by atoms with van der Waals surface area (Å²) in [7, 11) is 0. The number of carbonyl (C=O) groups excluding carboxylic acids is 3. The van der Waals surface area contributed by atoms with Crippen LogP contribution in [0.3, 0.4) is 0 Å². The molecule has 0 saturated carbocycles. The van der Waals surface area contributed by atoms with Crippen molar-refractivity contribution in [1.29, 1.82) is 0 Å². The van der Waals surface area contributed by atoms with Crippen molar-refractivity contribution in [1.82, 2.24) is 4.90 Å². The van der Waals surface area contributed by atoms with Crippen LogP contribution in [0.4, 0.5) is 10.1 Å². The highest BCUT2D eigenvalue weighted by Gasteiger charge is 2.17. The number of carbonyl (C=O) groups is 3. The Balaban J connectivity index is 1.62. The molecule has 0 unspecified atom stereocenters. The molecule has 0 bridgehead atoms. The van der Waals surface area contributed by atoms with Gasteiger partial charge in [0.05, 0.1) is 17.2 Å². The molecule has 8 heteroatoms. The van der Waals surface area contributed by atoms with Gasteiger partial charge in [-0.2, -0.15) is 0 Å². The standard InChI is InChI=1S/C19H25FN2O4S/c20-15-8-4-5-9-16(15)21-17(23)13-27-14-19(25)26-12-18(24)22-10-6-2-1-3-7-11-22/h4-5,8-9H,1-3,6-7,10-14H2,(H,21,23). The second-order valence-electron chi connectivity index (χ2n) is 6.33. The van der Waals surface area contributed by atoms with Crippen molar-refractivity contribution in [2.45, 2.75) is 32.1 Å². The van der Waals surface area contributed by atoms with Gasteiger partial charge in [0.2, 0.25) is 5.91 Å². The molecular weight excluding hydrogens is 371 g/mol. The molecule has 2 amide bonds. The van der Waals surface area contributed by atoms with E-state index in [2.05, 4.69) is 5.32 Å². The zero-order valence-electron chi connectivity index (χ0n) is 15.2. The summed E-state index contributed by atoms with van der Waals surface area (Å²) in [4.78, 5) is 37.4. The van der Waals surface area contributed by atoms with Crippen molar-refractivity contribution in [2.24, 2.45) is 0 Å². The van der Waals surface area contributed by atoms with Gasteiger partial charge in [-0.25, -0.2) is 4.39 Å². The van der Waals surface area contributed by atoms with Crippen LogP contribution in [0, 0.1) is 5.82 Å². The van der Waals surface area contributed by atoms with Crippen molar-refractivity contribution >= 4 is 35.2 Å². The van der Waals surface area contributed by atoms with Crippen LogP contribution < -0.4 is 5.32 Å². The first-order chi connectivity index (χ1) is 13.1. The van der Waals surface area contributed by atoms with E-state index in [1.54, 1.807) is 11.0 Å². The van der Waals surface area contributed by atoms with E-state index in [0.717, 1.165) is 37.4 Å². The zero-order valence-corrected chi connectivity index (χ0v) is 16.1. The lowest BCUT2D eigenvalue weighted by atomic mass is 10.1. The van der Waals surface area contributed by atoms with E-state index >= 15 is 0 Å². The van der Waals surface area contributed by atoms with E-state index in [-0.39, 0.29) is 29.7 Å². The van der Waals surface area contributed by atoms with Gasteiger partial charge in [0.15, 0.2) is 6.61 Å². The molecule has 6 nitrogen and oxygen atoms in total. The summed E-state index contributed by atoms with van der Waals surface area (Å²) >= 11 is 1.05. The molecule has 1 aliphatic rings. The number of amides is 2. The predicted molar refractivity (Wildman–Crippen MR) is 103 cm³/mol. The van der Waals surface area contributed by atoms with Crippen LogP contribution in [0.1, 0.15) is 32.1 Å². The topological polar surface area (TPSA) is 75.7 Å². The Morgan fingerprint density at radius 3 is 2.41 bits per heavy atom. The molecule has 0 atom stereocenters. The third kappa shape index (κ3) is 7.99. The van der Waals surface area contributed by atoms with Crippen LogP contribution in [-0.4, -0.2) is 53.9 Å². The Kier molecular flexibility index (Phi) is 9.10. The molecule has 0 spiro atoms. The van der Waals surface area contributed by atoms with E-state index in [1.807, 2.05) is 0 Å². The Morgan fingerprint density at radius 2 is 1.70 bits per heavy atom. The number of para-hydroxylation sites is 1. The Hall–Kier alpha value is -2.09. The highest BCUT2D eigenvalue weighted by Crippen LogP contribution is 2.13. The molecule has 0 aromatic heterocycles. The quantitative estimate of drug-likeness (QED) is 0.718. The first-order valence-corrected chi connectivity index (χ1v) is 10.3. The first-order valence-electron chi connectivity index (χ1n) is 9.12. The number of anilines is 1. The number of thioether (sulfide) groups is 1. The first kappa shape index (κ1) is 21.2. The van der Waals surface area contributed by atoms with Crippen molar-refractivity contribution in [2.75, 3.05) is 36.5 Å². The van der Waals surface area contributed by atoms with Gasteiger partial charge in [-0.15, -0.1) is 11.8 Å². The third-order valence-electron chi connectivity index (χ3n) is 4.17. The van der Waals surface area contributed by atoms with Crippen LogP contribution in [0.25, 0.3) is 0 Å². The maximum absolute atomic E-state index is 13.4. The molecule has 1 saturated heterocycles. The average molecular weight is 396 g/mol. The number of rotatable bonds is 7. The average Bonchev–Trinajstić information content (AvgIpc) is 2.61. The summed E-state index contributed by atoms with van der Waals surface area (Å²) in [6, 6.07) is 5.86. The van der Waals surface area contributed by atoms with Gasteiger partial charge in [0.25, 0.3) is 5.91 Å². The molecule has 148 valence electrons. The monoisotopic (exact) mass is 396 g/mol. The number of nitrogens with zero attached hydrogens (tertiary/aromatic N) is 1. The van der Waals surface area contributed by atoms with Crippen LogP contribution in [-0.2, 0) is 19.1 Å². The normalized spacial score (nSPS) is 14.8. The minimum atomic E-state index is -0.543. The summed E-state index contributed by atoms with van der Waals surface area (Å²) in [6.45, 7) is 1.16. The lowest BCUT2D eigenvalue weighted by Gasteiger charge is -2.24. The molecule has 1 fully saturated rings. The SMILES string of the molecule is O=C(CSCC(=O)OCC(=O)N1CCCCCCC1)Nc1ccccc1F. The molecule has 0 aliphatic carbocycles. The van der Waals surface area contributed by atoms with E-state index < -0.39 is 17.7 Å². The van der Waals surface area contributed by atoms with Gasteiger partial charge in [-0.05, 0) is 25.0 Å². The Bertz CT molecular complexity index is 648. The minimum Gasteiger partial charge on any atom is -0.455 e. The van der Waals surface area contributed by atoms with Gasteiger partial charge in [-0.1, -0.05) is 31.4 Å². The number of benzene rings is 1. The molecule has 2 rings (SSSR count). The number of hydrogen-bond acceptors (Lipinski definition) is 5. The van der Waals surface area contributed by atoms with Crippen molar-refractivity contribution < 1.29 is 23.5 Å². The number of likely N-dealkylation sites (tertiary alicyclic amines) is 1. The van der Waals surface area contributed by atoms with Gasteiger partial charge >= 0.3 is 5.97 Å². The molecule has 1 N–H and O–H groups in total. The van der Waals surface area contributed by atoms with Gasteiger partial charge in [0.1, 0.15) is 5.82 Å². The summed E-state index contributed by atoms with van der Waals surface area (Å²) in [5.41, 5.74) is 0.101. The van der Waals surface area contributed by atoms with Crippen LogP contribution in [0.15, 0.2) is 24.3 Å². The van der Waals surface area contributed by atoms with Gasteiger partial charge < -0.3 is 15.0 Å². The number of esters is 1. The largest absolute Gasteiger partial charge is 0.455 e. The van der Waals surface area contributed by atoms with Gasteiger partial charge in [-0.3, -0.25) is 14.4 Å². The van der Waals surface area contributed by atoms with E-state index in [0.29, 0.717) is 13.1 Å². The molecule has 1 aromatic rings. The van der Waals surface area contributed by atoms with Crippen molar-refractivity contribution in [3.05, 3.63) is 30.1 Å². The fourth-order valence-corrected chi connectivity index (χ4v) is 3.36. The third-order valence-corrected chi connectivity index (χ3v) is 5.07. The number of nitrogens with one attached hydrogen (secondary N) is 1. The Labute approximate surface area is 162 Å². The Morgan fingerprint density at radius 1 is 1.04 bits per heavy atom. The second kappa shape index (κ2) is 11.6. The van der Waals surface area contributed by atoms with Crippen LogP contribution in [0.2, 0.25) is 0 Å². The van der Waals surface area contributed by atoms with Crippen LogP contribution >= 0.6 is 11.8 Å². The van der Waals surface area contributed by atoms with Crippen LogP contribution in [0.5, 0.6) is 0 Å². The highest BCUT2D eigenvalue weighted by atomic mass is 32.2. The minimum absolute atomic E-state index is 0.0104. The molecule has 27 heavy (non-hydrogen) atoms. The van der Waals surface area contributed by atoms with E-state index in [1.165, 1.54) is 24.6 Å². The van der Waals surface area contributed by atoms with Crippen molar-refractivity contribution in [3.63, 3.8) is 0 Å². The summed E-state index contributed by atoms with van der Waals surface area (Å²) < 4.78 is 18.5. The van der Waals surface area contributed by atoms with Gasteiger partial charge in [0, 0.05) is 13.1 Å². The lowest BCUT2D eigenvalue weighted by molar-refractivity contribution is -0.150.